The Morgan fingerprint density at radius 2 is 1.07 bits per heavy atom. The summed E-state index contributed by atoms with van der Waals surface area (Å²) in [5.41, 5.74) is 7.59. The molecule has 1 spiro atoms. The van der Waals surface area contributed by atoms with E-state index >= 15 is 0 Å². The van der Waals surface area contributed by atoms with Crippen molar-refractivity contribution in [2.75, 3.05) is 0 Å². The fraction of sp³-hybridized carbons (Fsp3) is 0.243. The smallest absolute Gasteiger partial charge is 0.135 e. The van der Waals surface area contributed by atoms with Crippen LogP contribution in [0.3, 0.4) is 0 Å². The molecule has 1 aliphatic heterocycles. The largest absolute Gasteiger partial charge is 0.508 e. The van der Waals surface area contributed by atoms with E-state index in [0.717, 1.165) is 83.0 Å². The molecule has 0 fully saturated rings. The molecule has 6 rings (SSSR count). The minimum atomic E-state index is -0.725. The predicted octanol–water partition coefficient (Wildman–Crippen LogP) is 8.65. The summed E-state index contributed by atoms with van der Waals surface area (Å²) in [6.45, 7) is 4.35. The molecular weight excluding hydrogens is 492 g/mol. The van der Waals surface area contributed by atoms with E-state index in [1.165, 1.54) is 0 Å². The standard InChI is InChI=1S/C37H32O3/c1-3-5-7-9-11-25-13-17-29-30-18-14-26(12-10-8-6-4-2)22-34(30)37(33(29)21-25)31-19-15-27(38)23-35(31)40-36-24-28(39)16-20-32(36)37/h13-24,38-39H,3-8H2,1-2H3. The lowest BCUT2D eigenvalue weighted by Crippen LogP contribution is -2.32. The van der Waals surface area contributed by atoms with Gasteiger partial charge in [0.1, 0.15) is 23.0 Å². The van der Waals surface area contributed by atoms with Gasteiger partial charge in [-0.2, -0.15) is 0 Å². The molecule has 4 aromatic carbocycles. The minimum Gasteiger partial charge on any atom is -0.508 e. The van der Waals surface area contributed by atoms with Crippen molar-refractivity contribution in [2.45, 2.75) is 57.8 Å². The van der Waals surface area contributed by atoms with Gasteiger partial charge in [-0.3, -0.25) is 0 Å². The van der Waals surface area contributed by atoms with Crippen molar-refractivity contribution in [3.05, 3.63) is 106 Å². The first-order chi connectivity index (χ1) is 19.6. The molecule has 4 aromatic rings. The zero-order chi connectivity index (χ0) is 27.7. The van der Waals surface area contributed by atoms with Gasteiger partial charge in [0.05, 0.1) is 5.41 Å². The molecule has 0 unspecified atom stereocenters. The van der Waals surface area contributed by atoms with Gasteiger partial charge < -0.3 is 14.9 Å². The molecule has 0 amide bonds. The summed E-state index contributed by atoms with van der Waals surface area (Å²) >= 11 is 0. The maximum absolute atomic E-state index is 10.4. The molecule has 0 aromatic heterocycles. The molecule has 3 heteroatoms. The molecule has 2 N–H and O–H groups in total. The maximum Gasteiger partial charge on any atom is 0.135 e. The Balaban J connectivity index is 1.65. The van der Waals surface area contributed by atoms with Crippen LogP contribution in [0.5, 0.6) is 23.0 Å². The summed E-state index contributed by atoms with van der Waals surface area (Å²) in [7, 11) is 0. The highest BCUT2D eigenvalue weighted by Gasteiger charge is 2.51. The fourth-order valence-corrected chi connectivity index (χ4v) is 5.99. The number of phenols is 2. The van der Waals surface area contributed by atoms with Crippen molar-refractivity contribution in [1.82, 2.24) is 0 Å². The van der Waals surface area contributed by atoms with E-state index in [1.807, 2.05) is 12.1 Å². The second kappa shape index (κ2) is 10.5. The van der Waals surface area contributed by atoms with Crippen molar-refractivity contribution in [1.29, 1.82) is 0 Å². The monoisotopic (exact) mass is 524 g/mol. The molecule has 0 bridgehead atoms. The zero-order valence-corrected chi connectivity index (χ0v) is 23.0. The van der Waals surface area contributed by atoms with E-state index in [9.17, 15) is 10.2 Å². The van der Waals surface area contributed by atoms with Gasteiger partial charge in [-0.15, -0.1) is 0 Å². The number of aromatic hydroxyl groups is 2. The lowest BCUT2D eigenvalue weighted by molar-refractivity contribution is 0.417. The van der Waals surface area contributed by atoms with E-state index in [-0.39, 0.29) is 11.5 Å². The van der Waals surface area contributed by atoms with Crippen LogP contribution >= 0.6 is 0 Å². The van der Waals surface area contributed by atoms with Gasteiger partial charge in [-0.05, 0) is 71.5 Å². The average Bonchev–Trinajstić information content (AvgIpc) is 3.23. The summed E-state index contributed by atoms with van der Waals surface area (Å²) in [5, 5.41) is 20.8. The summed E-state index contributed by atoms with van der Waals surface area (Å²) in [6, 6.07) is 23.6. The van der Waals surface area contributed by atoms with E-state index in [2.05, 4.69) is 73.9 Å². The van der Waals surface area contributed by atoms with Crippen LogP contribution in [0, 0.1) is 23.7 Å². The number of hydrogen-bond acceptors (Lipinski definition) is 3. The number of unbranched alkanes of at least 4 members (excludes halogenated alkanes) is 4. The number of phenolic OH excluding ortho intramolecular Hbond substituents is 2. The number of rotatable bonds is 4. The van der Waals surface area contributed by atoms with E-state index in [4.69, 9.17) is 4.74 Å². The first-order valence-electron chi connectivity index (χ1n) is 14.2. The highest BCUT2D eigenvalue weighted by Crippen LogP contribution is 2.62. The van der Waals surface area contributed by atoms with Crippen molar-refractivity contribution in [2.24, 2.45) is 0 Å². The quantitative estimate of drug-likeness (QED) is 0.179. The SMILES string of the molecule is CCCCC#Cc1ccc2c(c1)C1(c3ccc(O)cc3Oc3cc(O)ccc31)c1cc(C#CCCCC)ccc1-2. The van der Waals surface area contributed by atoms with Crippen molar-refractivity contribution < 1.29 is 14.9 Å². The summed E-state index contributed by atoms with van der Waals surface area (Å²) in [6.07, 6.45) is 6.15. The Morgan fingerprint density at radius 3 is 1.52 bits per heavy atom. The number of ether oxygens (including phenoxy) is 1. The molecule has 0 saturated carbocycles. The van der Waals surface area contributed by atoms with Crippen molar-refractivity contribution >= 4 is 0 Å². The Kier molecular flexibility index (Phi) is 6.75. The van der Waals surface area contributed by atoms with Gasteiger partial charge in [-0.25, -0.2) is 0 Å². The van der Waals surface area contributed by atoms with Gasteiger partial charge in [0, 0.05) is 47.2 Å². The first-order valence-corrected chi connectivity index (χ1v) is 14.2. The highest BCUT2D eigenvalue weighted by atomic mass is 16.5. The third-order valence-electron chi connectivity index (χ3n) is 7.87. The van der Waals surface area contributed by atoms with E-state index in [0.29, 0.717) is 11.5 Å². The van der Waals surface area contributed by atoms with Gasteiger partial charge in [0.2, 0.25) is 0 Å². The first kappa shape index (κ1) is 25.7. The molecule has 40 heavy (non-hydrogen) atoms. The van der Waals surface area contributed by atoms with E-state index in [1.54, 1.807) is 24.3 Å². The molecule has 1 heterocycles. The van der Waals surface area contributed by atoms with Crippen LogP contribution in [0.25, 0.3) is 11.1 Å². The van der Waals surface area contributed by atoms with Crippen LogP contribution in [0.1, 0.15) is 85.8 Å². The van der Waals surface area contributed by atoms with Crippen LogP contribution in [-0.2, 0) is 5.41 Å². The molecule has 3 nitrogen and oxygen atoms in total. The zero-order valence-electron chi connectivity index (χ0n) is 23.0. The summed E-state index contributed by atoms with van der Waals surface area (Å²) in [5.74, 6) is 14.9. The van der Waals surface area contributed by atoms with Gasteiger partial charge in [0.25, 0.3) is 0 Å². The molecule has 0 radical (unpaired) electrons. The second-order valence-corrected chi connectivity index (χ2v) is 10.5. The third kappa shape index (κ3) is 4.20. The summed E-state index contributed by atoms with van der Waals surface area (Å²) < 4.78 is 6.32. The van der Waals surface area contributed by atoms with E-state index < -0.39 is 5.41 Å². The van der Waals surface area contributed by atoms with Crippen LogP contribution in [0.2, 0.25) is 0 Å². The normalized spacial score (nSPS) is 13.1. The summed E-state index contributed by atoms with van der Waals surface area (Å²) in [4.78, 5) is 0. The number of fused-ring (bicyclic) bond motifs is 9. The molecular formula is C37H32O3. The lowest BCUT2D eigenvalue weighted by Gasteiger charge is -2.39. The van der Waals surface area contributed by atoms with Crippen LogP contribution in [0.4, 0.5) is 0 Å². The molecule has 198 valence electrons. The number of benzene rings is 4. The minimum absolute atomic E-state index is 0.127. The van der Waals surface area contributed by atoms with Crippen LogP contribution < -0.4 is 4.74 Å². The predicted molar refractivity (Wildman–Crippen MR) is 160 cm³/mol. The van der Waals surface area contributed by atoms with Gasteiger partial charge in [0.15, 0.2) is 0 Å². The number of hydrogen-bond donors (Lipinski definition) is 2. The molecule has 0 atom stereocenters. The Hall–Kier alpha value is -4.60. The fourth-order valence-electron chi connectivity index (χ4n) is 5.99. The second-order valence-electron chi connectivity index (χ2n) is 10.5. The lowest BCUT2D eigenvalue weighted by atomic mass is 9.65. The Morgan fingerprint density at radius 1 is 0.600 bits per heavy atom. The molecule has 1 aliphatic carbocycles. The topological polar surface area (TPSA) is 49.7 Å². The van der Waals surface area contributed by atoms with Gasteiger partial charge >= 0.3 is 0 Å². The van der Waals surface area contributed by atoms with Crippen LogP contribution in [0.15, 0.2) is 72.8 Å². The van der Waals surface area contributed by atoms with Crippen molar-refractivity contribution in [3.8, 4) is 57.8 Å². The van der Waals surface area contributed by atoms with Crippen LogP contribution in [-0.4, -0.2) is 10.2 Å². The Labute approximate surface area is 236 Å². The van der Waals surface area contributed by atoms with Gasteiger partial charge in [-0.1, -0.05) is 74.6 Å². The Bertz CT molecular complexity index is 1610. The average molecular weight is 525 g/mol. The van der Waals surface area contributed by atoms with Crippen molar-refractivity contribution in [3.63, 3.8) is 0 Å². The maximum atomic E-state index is 10.4. The molecule has 2 aliphatic rings. The molecule has 0 saturated heterocycles. The highest BCUT2D eigenvalue weighted by molar-refractivity contribution is 5.89. The third-order valence-corrected chi connectivity index (χ3v) is 7.87.